The lowest BCUT2D eigenvalue weighted by Gasteiger charge is -2.25. The molecule has 0 N–H and O–H groups in total. The lowest BCUT2D eigenvalue weighted by Crippen LogP contribution is -2.35. The van der Waals surface area contributed by atoms with Gasteiger partial charge in [-0.3, -0.25) is 9.59 Å². The van der Waals surface area contributed by atoms with Crippen LogP contribution in [0.1, 0.15) is 42.1 Å². The summed E-state index contributed by atoms with van der Waals surface area (Å²) in [5, 5.41) is 0. The Balaban J connectivity index is 2.44. The molecule has 1 atom stereocenters. The monoisotopic (exact) mass is 360 g/mol. The molecule has 0 bridgehead atoms. The largest absolute Gasteiger partial charge is 0.468 e. The van der Waals surface area contributed by atoms with E-state index >= 15 is 0 Å². The lowest BCUT2D eigenvalue weighted by molar-refractivity contribution is -0.163. The Hall–Kier alpha value is -2.63. The molecule has 1 aliphatic carbocycles. The van der Waals surface area contributed by atoms with Gasteiger partial charge in [0.2, 0.25) is 0 Å². The summed E-state index contributed by atoms with van der Waals surface area (Å²) in [4.78, 5) is 36.6. The predicted octanol–water partition coefficient (Wildman–Crippen LogP) is 3.01. The molecule has 0 amide bonds. The van der Waals surface area contributed by atoms with Crippen molar-refractivity contribution >= 4 is 23.5 Å². The van der Waals surface area contributed by atoms with Gasteiger partial charge < -0.3 is 14.2 Å². The minimum absolute atomic E-state index is 0.296. The summed E-state index contributed by atoms with van der Waals surface area (Å²) in [6.07, 6.45) is 1.65. The van der Waals surface area contributed by atoms with Crippen molar-refractivity contribution in [2.45, 2.75) is 26.2 Å². The molecule has 1 aromatic rings. The van der Waals surface area contributed by atoms with Crippen LogP contribution in [-0.4, -0.2) is 39.2 Å². The molecule has 0 saturated heterocycles. The van der Waals surface area contributed by atoms with Crippen molar-refractivity contribution in [1.29, 1.82) is 0 Å². The highest BCUT2D eigenvalue weighted by atomic mass is 16.5. The summed E-state index contributed by atoms with van der Waals surface area (Å²) in [5.74, 6) is -1.65. The Morgan fingerprint density at radius 1 is 0.962 bits per heavy atom. The van der Waals surface area contributed by atoms with Crippen molar-refractivity contribution in [2.75, 3.05) is 21.3 Å². The number of esters is 3. The van der Waals surface area contributed by atoms with Gasteiger partial charge in [-0.2, -0.15) is 0 Å². The van der Waals surface area contributed by atoms with E-state index in [1.807, 2.05) is 6.92 Å². The number of benzene rings is 1. The number of carbonyl (C=O) groups excluding carboxylic acids is 3. The van der Waals surface area contributed by atoms with Gasteiger partial charge in [-0.1, -0.05) is 32.1 Å². The van der Waals surface area contributed by atoms with E-state index in [2.05, 4.69) is 6.58 Å². The van der Waals surface area contributed by atoms with Crippen LogP contribution in [0.5, 0.6) is 0 Å². The molecule has 1 saturated carbocycles. The molecule has 140 valence electrons. The molecular weight excluding hydrogens is 336 g/mol. The number of carbonyl (C=O) groups is 3. The van der Waals surface area contributed by atoms with Crippen LogP contribution in [0.3, 0.4) is 0 Å². The third kappa shape index (κ3) is 2.79. The van der Waals surface area contributed by atoms with E-state index in [-0.39, 0.29) is 0 Å². The highest BCUT2D eigenvalue weighted by molar-refractivity contribution is 6.08. The van der Waals surface area contributed by atoms with Crippen LogP contribution >= 0.6 is 0 Å². The zero-order chi connectivity index (χ0) is 19.5. The minimum atomic E-state index is -1.37. The van der Waals surface area contributed by atoms with Crippen LogP contribution < -0.4 is 0 Å². The second-order valence-electron chi connectivity index (χ2n) is 6.44. The molecular formula is C20H24O6. The quantitative estimate of drug-likeness (QED) is 0.422. The van der Waals surface area contributed by atoms with Crippen molar-refractivity contribution < 1.29 is 28.6 Å². The molecule has 1 fully saturated rings. The molecule has 0 radical (unpaired) electrons. The first-order valence-electron chi connectivity index (χ1n) is 8.39. The SMILES string of the molecule is C=C(c1ccc(C(=O)OC)cc1)C1(CCC)CC1(C(=O)OC)C(=O)OC. The van der Waals surface area contributed by atoms with Gasteiger partial charge >= 0.3 is 17.9 Å². The number of rotatable bonds is 7. The van der Waals surface area contributed by atoms with Gasteiger partial charge in [-0.05, 0) is 36.1 Å². The van der Waals surface area contributed by atoms with Crippen LogP contribution in [0.2, 0.25) is 0 Å². The Labute approximate surface area is 153 Å². The van der Waals surface area contributed by atoms with Crippen LogP contribution in [0, 0.1) is 10.8 Å². The number of ether oxygens (including phenoxy) is 3. The maximum absolute atomic E-state index is 12.5. The van der Waals surface area contributed by atoms with Crippen LogP contribution in [0.25, 0.3) is 5.57 Å². The first-order valence-corrected chi connectivity index (χ1v) is 8.39. The van der Waals surface area contributed by atoms with E-state index < -0.39 is 28.7 Å². The van der Waals surface area contributed by atoms with Crippen molar-refractivity contribution in [1.82, 2.24) is 0 Å². The Kier molecular flexibility index (Phi) is 5.54. The van der Waals surface area contributed by atoms with Gasteiger partial charge in [-0.25, -0.2) is 4.79 Å². The summed E-state index contributed by atoms with van der Waals surface area (Å²) in [6, 6.07) is 6.74. The Bertz CT molecular complexity index is 717. The third-order valence-electron chi connectivity index (χ3n) is 5.24. The topological polar surface area (TPSA) is 78.9 Å². The predicted molar refractivity (Wildman–Crippen MR) is 95.2 cm³/mol. The van der Waals surface area contributed by atoms with Gasteiger partial charge in [0.05, 0.1) is 26.9 Å². The summed E-state index contributed by atoms with van der Waals surface area (Å²) < 4.78 is 14.5. The highest BCUT2D eigenvalue weighted by Gasteiger charge is 2.78. The van der Waals surface area contributed by atoms with Gasteiger partial charge in [0.15, 0.2) is 5.41 Å². The summed E-state index contributed by atoms with van der Waals surface area (Å²) in [7, 11) is 3.84. The minimum Gasteiger partial charge on any atom is -0.468 e. The number of allylic oxidation sites excluding steroid dienone is 1. The number of hydrogen-bond donors (Lipinski definition) is 0. The zero-order valence-electron chi connectivity index (χ0n) is 15.6. The molecule has 0 spiro atoms. The van der Waals surface area contributed by atoms with Crippen molar-refractivity contribution in [3.05, 3.63) is 42.0 Å². The van der Waals surface area contributed by atoms with Crippen molar-refractivity contribution in [2.24, 2.45) is 10.8 Å². The molecule has 6 heteroatoms. The van der Waals surface area contributed by atoms with E-state index in [1.165, 1.54) is 21.3 Å². The maximum Gasteiger partial charge on any atom is 0.337 e. The molecule has 1 aliphatic rings. The maximum atomic E-state index is 12.5. The van der Waals surface area contributed by atoms with Crippen LogP contribution in [0.4, 0.5) is 0 Å². The molecule has 1 unspecified atom stereocenters. The zero-order valence-corrected chi connectivity index (χ0v) is 15.6. The fourth-order valence-electron chi connectivity index (χ4n) is 3.82. The first-order chi connectivity index (χ1) is 12.3. The normalized spacial score (nSPS) is 20.0. The van der Waals surface area contributed by atoms with E-state index in [1.54, 1.807) is 24.3 Å². The number of hydrogen-bond acceptors (Lipinski definition) is 6. The van der Waals surface area contributed by atoms with Crippen LogP contribution in [0.15, 0.2) is 30.8 Å². The van der Waals surface area contributed by atoms with Gasteiger partial charge in [0, 0.05) is 5.41 Å². The highest BCUT2D eigenvalue weighted by Crippen LogP contribution is 2.72. The van der Waals surface area contributed by atoms with E-state index in [9.17, 15) is 14.4 Å². The lowest BCUT2D eigenvalue weighted by atomic mass is 9.79. The fraction of sp³-hybridized carbons (Fsp3) is 0.450. The third-order valence-corrected chi connectivity index (χ3v) is 5.24. The van der Waals surface area contributed by atoms with Gasteiger partial charge in [-0.15, -0.1) is 0 Å². The second kappa shape index (κ2) is 7.32. The Morgan fingerprint density at radius 3 is 1.88 bits per heavy atom. The number of methoxy groups -OCH3 is 3. The van der Waals surface area contributed by atoms with E-state index in [4.69, 9.17) is 14.2 Å². The standard InChI is InChI=1S/C20H24O6/c1-6-11-19(12-20(19,17(22)25-4)18(23)26-5)13(2)14-7-9-15(10-8-14)16(21)24-3/h7-10H,2,6,11-12H2,1,3-5H3. The van der Waals surface area contributed by atoms with Crippen LogP contribution in [-0.2, 0) is 23.8 Å². The smallest absolute Gasteiger partial charge is 0.337 e. The first kappa shape index (κ1) is 19.7. The van der Waals surface area contributed by atoms with Gasteiger partial charge in [0.1, 0.15) is 0 Å². The Morgan fingerprint density at radius 2 is 1.46 bits per heavy atom. The molecule has 0 heterocycles. The van der Waals surface area contributed by atoms with Crippen molar-refractivity contribution in [3.63, 3.8) is 0 Å². The average Bonchev–Trinajstić information content (AvgIpc) is 3.36. The fourth-order valence-corrected chi connectivity index (χ4v) is 3.82. The summed E-state index contributed by atoms with van der Waals surface area (Å²) in [6.45, 7) is 6.15. The van der Waals surface area contributed by atoms with E-state index in [0.717, 1.165) is 12.0 Å². The molecule has 0 aliphatic heterocycles. The molecule has 0 aromatic heterocycles. The molecule has 6 nitrogen and oxygen atoms in total. The summed E-state index contributed by atoms with van der Waals surface area (Å²) in [5.41, 5.74) is -0.303. The second-order valence-corrected chi connectivity index (χ2v) is 6.44. The molecule has 2 rings (SSSR count). The van der Waals surface area contributed by atoms with E-state index in [0.29, 0.717) is 24.0 Å². The summed E-state index contributed by atoms with van der Waals surface area (Å²) >= 11 is 0. The van der Waals surface area contributed by atoms with Crippen molar-refractivity contribution in [3.8, 4) is 0 Å². The van der Waals surface area contributed by atoms with Gasteiger partial charge in [0.25, 0.3) is 0 Å². The molecule has 26 heavy (non-hydrogen) atoms. The average molecular weight is 360 g/mol. The molecule has 1 aromatic carbocycles.